The smallest absolute Gasteiger partial charge is 0.204 e. The molecule has 2 aromatic heterocycles. The van der Waals surface area contributed by atoms with E-state index in [9.17, 15) is 9.90 Å². The molecule has 4 aromatic rings. The SMILES string of the molecule is COc1c(O)cc2oc3cc4c(c(OCc5ccccn5)c3c(=O)c2c1CC=C(C)C)C=CC(C)(C)O4. The van der Waals surface area contributed by atoms with E-state index in [2.05, 4.69) is 4.98 Å². The maximum Gasteiger partial charge on any atom is 0.204 e. The molecule has 37 heavy (non-hydrogen) atoms. The average Bonchev–Trinajstić information content (AvgIpc) is 2.84. The molecule has 0 radical (unpaired) electrons. The Morgan fingerprint density at radius 3 is 2.62 bits per heavy atom. The number of nitrogens with zero attached hydrogens (tertiary/aromatic N) is 1. The molecule has 0 bridgehead atoms. The molecule has 5 rings (SSSR count). The Balaban J connectivity index is 1.83. The van der Waals surface area contributed by atoms with Crippen LogP contribution in [0.1, 0.15) is 44.5 Å². The zero-order chi connectivity index (χ0) is 26.3. The van der Waals surface area contributed by atoms with Crippen LogP contribution >= 0.6 is 0 Å². The van der Waals surface area contributed by atoms with Crippen LogP contribution in [0.2, 0.25) is 0 Å². The molecule has 7 nitrogen and oxygen atoms in total. The highest BCUT2D eigenvalue weighted by Crippen LogP contribution is 2.44. The average molecular weight is 500 g/mol. The molecule has 0 saturated carbocycles. The fourth-order valence-corrected chi connectivity index (χ4v) is 4.53. The summed E-state index contributed by atoms with van der Waals surface area (Å²) in [4.78, 5) is 18.5. The largest absolute Gasteiger partial charge is 0.504 e. The second-order valence-electron chi connectivity index (χ2n) is 9.84. The second kappa shape index (κ2) is 9.32. The summed E-state index contributed by atoms with van der Waals surface area (Å²) in [5.74, 6) is 1.05. The van der Waals surface area contributed by atoms with Crippen LogP contribution in [0, 0.1) is 0 Å². The standard InChI is InChI=1S/C30H29NO6/c1-17(2)9-10-20-25-23(14-21(32)28(20)34-5)36-24-15-22-19(11-12-30(3,4)37-22)29(26(24)27(25)33)35-16-18-8-6-7-13-31-18/h6-9,11-15,32H,10,16H2,1-5H3. The number of ether oxygens (including phenoxy) is 3. The van der Waals surface area contributed by atoms with Gasteiger partial charge in [-0.3, -0.25) is 9.78 Å². The number of aromatic nitrogens is 1. The summed E-state index contributed by atoms with van der Waals surface area (Å²) >= 11 is 0. The monoisotopic (exact) mass is 499 g/mol. The van der Waals surface area contributed by atoms with Gasteiger partial charge < -0.3 is 23.7 Å². The molecule has 0 unspecified atom stereocenters. The number of allylic oxidation sites excluding steroid dienone is 2. The first-order chi connectivity index (χ1) is 17.7. The van der Waals surface area contributed by atoms with E-state index in [0.717, 1.165) is 11.3 Å². The van der Waals surface area contributed by atoms with Crippen LogP contribution < -0.4 is 19.6 Å². The van der Waals surface area contributed by atoms with Crippen LogP contribution in [0.5, 0.6) is 23.0 Å². The van der Waals surface area contributed by atoms with Gasteiger partial charge in [0.2, 0.25) is 5.43 Å². The van der Waals surface area contributed by atoms with Crippen molar-refractivity contribution in [1.82, 2.24) is 4.98 Å². The first-order valence-electron chi connectivity index (χ1n) is 12.1. The molecule has 0 aliphatic carbocycles. The third-order valence-corrected chi connectivity index (χ3v) is 6.28. The molecule has 1 aliphatic rings. The summed E-state index contributed by atoms with van der Waals surface area (Å²) in [6, 6.07) is 8.70. The number of pyridine rings is 1. The predicted octanol–water partition coefficient (Wildman–Crippen LogP) is 6.33. The molecule has 0 spiro atoms. The van der Waals surface area contributed by atoms with Crippen molar-refractivity contribution in [3.63, 3.8) is 0 Å². The number of hydrogen-bond donors (Lipinski definition) is 1. The summed E-state index contributed by atoms with van der Waals surface area (Å²) in [7, 11) is 1.47. The number of fused-ring (bicyclic) bond motifs is 3. The van der Waals surface area contributed by atoms with Crippen molar-refractivity contribution in [3.05, 3.63) is 81.3 Å². The van der Waals surface area contributed by atoms with Gasteiger partial charge >= 0.3 is 0 Å². The molecule has 1 aliphatic heterocycles. The van der Waals surface area contributed by atoms with Crippen molar-refractivity contribution >= 4 is 28.0 Å². The lowest BCUT2D eigenvalue weighted by Gasteiger charge is -2.29. The minimum absolute atomic E-state index is 0.0976. The third-order valence-electron chi connectivity index (χ3n) is 6.28. The van der Waals surface area contributed by atoms with Crippen LogP contribution in [0.3, 0.4) is 0 Å². The molecule has 0 saturated heterocycles. The first-order valence-corrected chi connectivity index (χ1v) is 12.1. The Labute approximate surface area is 214 Å². The molecular formula is C30H29NO6. The van der Waals surface area contributed by atoms with E-state index >= 15 is 0 Å². The quantitative estimate of drug-likeness (QED) is 0.245. The van der Waals surface area contributed by atoms with Crippen molar-refractivity contribution in [2.75, 3.05) is 7.11 Å². The Bertz CT molecular complexity index is 1630. The van der Waals surface area contributed by atoms with Gasteiger partial charge in [-0.15, -0.1) is 0 Å². The minimum atomic E-state index is -0.542. The van der Waals surface area contributed by atoms with Gasteiger partial charge in [0.05, 0.1) is 23.8 Å². The van der Waals surface area contributed by atoms with Crippen molar-refractivity contribution in [1.29, 1.82) is 0 Å². The van der Waals surface area contributed by atoms with Gasteiger partial charge in [0.25, 0.3) is 0 Å². The Hall–Kier alpha value is -4.26. The van der Waals surface area contributed by atoms with E-state index in [-0.39, 0.29) is 29.1 Å². The molecule has 1 N–H and O–H groups in total. The molecule has 0 fully saturated rings. The number of benzene rings is 2. The van der Waals surface area contributed by atoms with E-state index in [1.807, 2.05) is 64.1 Å². The van der Waals surface area contributed by atoms with Gasteiger partial charge in [0, 0.05) is 23.9 Å². The van der Waals surface area contributed by atoms with Gasteiger partial charge in [-0.1, -0.05) is 17.7 Å². The molecule has 0 amide bonds. The number of phenols is 1. The normalized spacial score (nSPS) is 13.8. The van der Waals surface area contributed by atoms with Crippen LogP contribution in [0.15, 0.2) is 63.5 Å². The van der Waals surface area contributed by atoms with Crippen LogP contribution in [-0.2, 0) is 13.0 Å². The molecule has 3 heterocycles. The third kappa shape index (κ3) is 4.53. The Morgan fingerprint density at radius 1 is 1.14 bits per heavy atom. The van der Waals surface area contributed by atoms with E-state index in [4.69, 9.17) is 18.6 Å². The Morgan fingerprint density at radius 2 is 1.92 bits per heavy atom. The van der Waals surface area contributed by atoms with E-state index < -0.39 is 5.60 Å². The lowest BCUT2D eigenvalue weighted by Crippen LogP contribution is -2.27. The first kappa shape index (κ1) is 24.4. The van der Waals surface area contributed by atoms with Gasteiger partial charge in [-0.05, 0) is 58.4 Å². The highest BCUT2D eigenvalue weighted by molar-refractivity contribution is 5.99. The van der Waals surface area contributed by atoms with Crippen molar-refractivity contribution in [2.45, 2.75) is 46.3 Å². The highest BCUT2D eigenvalue weighted by atomic mass is 16.5. The molecule has 190 valence electrons. The molecule has 2 aromatic carbocycles. The van der Waals surface area contributed by atoms with Crippen LogP contribution in [-0.4, -0.2) is 22.8 Å². The van der Waals surface area contributed by atoms with Gasteiger partial charge in [0.1, 0.15) is 40.3 Å². The summed E-state index contributed by atoms with van der Waals surface area (Å²) < 4.78 is 24.2. The van der Waals surface area contributed by atoms with Crippen molar-refractivity contribution in [3.8, 4) is 23.0 Å². The van der Waals surface area contributed by atoms with Gasteiger partial charge in [0.15, 0.2) is 11.5 Å². The van der Waals surface area contributed by atoms with Crippen LogP contribution in [0.25, 0.3) is 28.0 Å². The number of rotatable bonds is 6. The van der Waals surface area contributed by atoms with Crippen LogP contribution in [0.4, 0.5) is 0 Å². The number of hydrogen-bond acceptors (Lipinski definition) is 7. The lowest BCUT2D eigenvalue weighted by atomic mass is 9.97. The number of methoxy groups -OCH3 is 1. The van der Waals surface area contributed by atoms with E-state index in [1.165, 1.54) is 13.2 Å². The highest BCUT2D eigenvalue weighted by Gasteiger charge is 2.29. The second-order valence-corrected chi connectivity index (χ2v) is 9.84. The van der Waals surface area contributed by atoms with Gasteiger partial charge in [-0.25, -0.2) is 0 Å². The zero-order valence-corrected chi connectivity index (χ0v) is 21.5. The fraction of sp³-hybridized carbons (Fsp3) is 0.267. The van der Waals surface area contributed by atoms with E-state index in [1.54, 1.807) is 12.3 Å². The van der Waals surface area contributed by atoms with E-state index in [0.29, 0.717) is 45.4 Å². The van der Waals surface area contributed by atoms with Crippen molar-refractivity contribution < 1.29 is 23.7 Å². The minimum Gasteiger partial charge on any atom is -0.504 e. The predicted molar refractivity (Wildman–Crippen MR) is 144 cm³/mol. The Kier molecular flexibility index (Phi) is 6.15. The maximum absolute atomic E-state index is 14.2. The summed E-state index contributed by atoms with van der Waals surface area (Å²) in [6.07, 6.45) is 7.90. The topological polar surface area (TPSA) is 91.0 Å². The number of aromatic hydroxyl groups is 1. The van der Waals surface area contributed by atoms with Crippen molar-refractivity contribution in [2.24, 2.45) is 0 Å². The summed E-state index contributed by atoms with van der Waals surface area (Å²) in [6.45, 7) is 7.99. The zero-order valence-electron chi connectivity index (χ0n) is 21.5. The summed E-state index contributed by atoms with van der Waals surface area (Å²) in [5, 5.41) is 11.3. The lowest BCUT2D eigenvalue weighted by molar-refractivity contribution is 0.158. The fourth-order valence-electron chi connectivity index (χ4n) is 4.53. The maximum atomic E-state index is 14.2. The number of phenolic OH excluding ortho intramolecular Hbond substituents is 1. The molecule has 7 heteroatoms. The molecule has 0 atom stereocenters. The van der Waals surface area contributed by atoms with Gasteiger partial charge in [-0.2, -0.15) is 0 Å². The molecular weight excluding hydrogens is 470 g/mol. The summed E-state index contributed by atoms with van der Waals surface area (Å²) in [5.41, 5.74) is 2.74.